The summed E-state index contributed by atoms with van der Waals surface area (Å²) in [5.74, 6) is -0.276. The van der Waals surface area contributed by atoms with Crippen LogP contribution in [0.5, 0.6) is 0 Å². The molecule has 0 unspecified atom stereocenters. The van der Waals surface area contributed by atoms with Gasteiger partial charge in [-0.1, -0.05) is 133 Å². The highest BCUT2D eigenvalue weighted by atomic mass is 19.1. The van der Waals surface area contributed by atoms with Crippen molar-refractivity contribution in [3.63, 3.8) is 0 Å². The van der Waals surface area contributed by atoms with Gasteiger partial charge in [0.2, 0.25) is 0 Å². The maximum Gasteiger partial charge on any atom is 0.136 e. The highest BCUT2D eigenvalue weighted by molar-refractivity contribution is 6.10. The fourth-order valence-electron chi connectivity index (χ4n) is 8.18. The summed E-state index contributed by atoms with van der Waals surface area (Å²) in [5.41, 5.74) is 13.1. The molecular weight excluding hydrogens is 726 g/mol. The van der Waals surface area contributed by atoms with Gasteiger partial charge in [-0.3, -0.25) is 0 Å². The van der Waals surface area contributed by atoms with Crippen LogP contribution in [0.15, 0.2) is 199 Å². The van der Waals surface area contributed by atoms with Crippen LogP contribution >= 0.6 is 0 Å². The van der Waals surface area contributed by atoms with Gasteiger partial charge in [0.05, 0.1) is 16.8 Å². The van der Waals surface area contributed by atoms with E-state index in [4.69, 9.17) is 4.42 Å². The number of anilines is 3. The Morgan fingerprint density at radius 1 is 0.424 bits per heavy atom. The van der Waals surface area contributed by atoms with Crippen LogP contribution in [0.25, 0.3) is 77.2 Å². The minimum Gasteiger partial charge on any atom is -0.456 e. The predicted octanol–water partition coefficient (Wildman–Crippen LogP) is 14.8. The largest absolute Gasteiger partial charge is 0.456 e. The molecule has 0 saturated carbocycles. The monoisotopic (exact) mass is 757 g/mol. The summed E-state index contributed by atoms with van der Waals surface area (Å²) in [6.45, 7) is 0. The summed E-state index contributed by atoms with van der Waals surface area (Å²) in [6, 6.07) is 69.0. The van der Waals surface area contributed by atoms with Gasteiger partial charge in [-0.25, -0.2) is 4.39 Å². The molecule has 0 spiro atoms. The Kier molecular flexibility index (Phi) is 8.75. The molecule has 0 aliphatic heterocycles. The molecule has 5 heteroatoms. The van der Waals surface area contributed by atoms with Crippen LogP contribution in [0.4, 0.5) is 21.5 Å². The molecule has 1 aromatic heterocycles. The standard InChI is InChI=1S/C54H32FN3O/c55-43-24-20-39(21-25-43)46-13-6-10-40-11-7-14-48(54(40)46)47-12-4-5-15-51(47)58(45-28-29-52-50(32-45)49-30-41(33-56)42(34-57)31-53(49)59-52)44-26-22-38(23-27-44)37-18-16-36(17-19-37)35-8-2-1-3-9-35/h1-32H. The lowest BCUT2D eigenvalue weighted by molar-refractivity contribution is 0.628. The topological polar surface area (TPSA) is 64.0 Å². The molecule has 0 radical (unpaired) electrons. The second-order valence-electron chi connectivity index (χ2n) is 14.5. The van der Waals surface area contributed by atoms with Gasteiger partial charge in [0.1, 0.15) is 29.1 Å². The van der Waals surface area contributed by atoms with E-state index in [-0.39, 0.29) is 11.4 Å². The normalized spacial score (nSPS) is 11.1. The molecule has 10 rings (SSSR count). The first-order valence-corrected chi connectivity index (χ1v) is 19.3. The number of halogens is 1. The first-order chi connectivity index (χ1) is 29.1. The van der Waals surface area contributed by atoms with Crippen molar-refractivity contribution in [2.24, 2.45) is 0 Å². The van der Waals surface area contributed by atoms with Crippen molar-refractivity contribution in [1.82, 2.24) is 0 Å². The minimum absolute atomic E-state index is 0.276. The van der Waals surface area contributed by atoms with Crippen LogP contribution in [0.2, 0.25) is 0 Å². The van der Waals surface area contributed by atoms with E-state index < -0.39 is 0 Å². The van der Waals surface area contributed by atoms with E-state index in [9.17, 15) is 14.9 Å². The fourth-order valence-corrected chi connectivity index (χ4v) is 8.18. The van der Waals surface area contributed by atoms with Gasteiger partial charge in [0.25, 0.3) is 0 Å². The van der Waals surface area contributed by atoms with Gasteiger partial charge in [-0.05, 0) is 104 Å². The zero-order valence-corrected chi connectivity index (χ0v) is 31.6. The Hall–Kier alpha value is -8.25. The van der Waals surface area contributed by atoms with E-state index in [1.807, 2.05) is 36.4 Å². The Labute approximate surface area is 340 Å². The van der Waals surface area contributed by atoms with Crippen molar-refractivity contribution in [3.8, 4) is 56.6 Å². The third-order valence-corrected chi connectivity index (χ3v) is 11.0. The van der Waals surface area contributed by atoms with Crippen LogP contribution in [0.3, 0.4) is 0 Å². The predicted molar refractivity (Wildman–Crippen MR) is 237 cm³/mol. The van der Waals surface area contributed by atoms with E-state index in [1.165, 1.54) is 17.7 Å². The highest BCUT2D eigenvalue weighted by Gasteiger charge is 2.21. The van der Waals surface area contributed by atoms with Crippen molar-refractivity contribution in [3.05, 3.63) is 211 Å². The van der Waals surface area contributed by atoms with Gasteiger partial charge in [-0.15, -0.1) is 0 Å². The Morgan fingerprint density at radius 3 is 1.66 bits per heavy atom. The molecule has 0 N–H and O–H groups in total. The summed E-state index contributed by atoms with van der Waals surface area (Å²) in [7, 11) is 0. The van der Waals surface area contributed by atoms with Crippen molar-refractivity contribution in [2.75, 3.05) is 4.90 Å². The summed E-state index contributed by atoms with van der Waals surface area (Å²) in [4.78, 5) is 2.25. The number of fused-ring (bicyclic) bond motifs is 4. The summed E-state index contributed by atoms with van der Waals surface area (Å²) < 4.78 is 20.4. The number of rotatable bonds is 7. The summed E-state index contributed by atoms with van der Waals surface area (Å²) in [5, 5.41) is 23.3. The summed E-state index contributed by atoms with van der Waals surface area (Å²) >= 11 is 0. The Balaban J connectivity index is 1.16. The lowest BCUT2D eigenvalue weighted by Crippen LogP contribution is -2.11. The first kappa shape index (κ1) is 35.2. The van der Waals surface area contributed by atoms with Gasteiger partial charge < -0.3 is 9.32 Å². The van der Waals surface area contributed by atoms with Crippen LogP contribution in [-0.2, 0) is 0 Å². The third-order valence-electron chi connectivity index (χ3n) is 11.0. The second kappa shape index (κ2) is 14.7. The van der Waals surface area contributed by atoms with Crippen molar-refractivity contribution < 1.29 is 8.81 Å². The molecule has 0 fully saturated rings. The van der Waals surface area contributed by atoms with Gasteiger partial charge in [0.15, 0.2) is 0 Å². The molecule has 276 valence electrons. The fraction of sp³-hybridized carbons (Fsp3) is 0. The van der Waals surface area contributed by atoms with Crippen LogP contribution in [-0.4, -0.2) is 0 Å². The lowest BCUT2D eigenvalue weighted by Gasteiger charge is -2.28. The number of benzene rings is 9. The van der Waals surface area contributed by atoms with Crippen molar-refractivity contribution >= 4 is 49.8 Å². The third kappa shape index (κ3) is 6.34. The smallest absolute Gasteiger partial charge is 0.136 e. The molecule has 0 bridgehead atoms. The molecule has 4 nitrogen and oxygen atoms in total. The minimum atomic E-state index is -0.276. The maximum absolute atomic E-state index is 14.1. The summed E-state index contributed by atoms with van der Waals surface area (Å²) in [6.07, 6.45) is 0. The average molecular weight is 758 g/mol. The molecule has 1 heterocycles. The average Bonchev–Trinajstić information content (AvgIpc) is 3.66. The van der Waals surface area contributed by atoms with Gasteiger partial charge in [0, 0.05) is 33.8 Å². The second-order valence-corrected chi connectivity index (χ2v) is 14.5. The Bertz CT molecular complexity index is 3280. The van der Waals surface area contributed by atoms with Gasteiger partial charge in [-0.2, -0.15) is 10.5 Å². The Morgan fingerprint density at radius 2 is 0.966 bits per heavy atom. The van der Waals surface area contributed by atoms with Crippen LogP contribution in [0, 0.1) is 28.5 Å². The van der Waals surface area contributed by atoms with E-state index >= 15 is 0 Å². The molecular formula is C54H32FN3O. The highest BCUT2D eigenvalue weighted by Crippen LogP contribution is 2.46. The number of hydrogen-bond donors (Lipinski definition) is 0. The first-order valence-electron chi connectivity index (χ1n) is 19.3. The molecule has 0 amide bonds. The molecule has 0 atom stereocenters. The van der Waals surface area contributed by atoms with E-state index in [2.05, 4.69) is 150 Å². The van der Waals surface area contributed by atoms with Crippen LogP contribution < -0.4 is 4.90 Å². The maximum atomic E-state index is 14.1. The van der Waals surface area contributed by atoms with Gasteiger partial charge >= 0.3 is 0 Å². The molecule has 9 aromatic carbocycles. The van der Waals surface area contributed by atoms with Crippen molar-refractivity contribution in [2.45, 2.75) is 0 Å². The molecule has 0 aliphatic rings. The zero-order valence-electron chi connectivity index (χ0n) is 31.6. The van der Waals surface area contributed by atoms with E-state index in [1.54, 1.807) is 12.1 Å². The number of nitriles is 2. The quantitative estimate of drug-likeness (QED) is 0.162. The molecule has 0 aliphatic carbocycles. The van der Waals surface area contributed by atoms with Crippen molar-refractivity contribution in [1.29, 1.82) is 10.5 Å². The van der Waals surface area contributed by atoms with Crippen LogP contribution in [0.1, 0.15) is 11.1 Å². The molecule has 59 heavy (non-hydrogen) atoms. The van der Waals surface area contributed by atoms with E-state index in [0.717, 1.165) is 77.6 Å². The lowest BCUT2D eigenvalue weighted by atomic mass is 9.90. The molecule has 0 saturated heterocycles. The SMILES string of the molecule is N#Cc1cc2oc3ccc(N(c4ccc(-c5ccc(-c6ccccc6)cc5)cc4)c4ccccc4-c4cccc5cccc(-c6ccc(F)cc6)c45)cc3c2cc1C#N. The number of furan rings is 1. The zero-order chi connectivity index (χ0) is 39.9. The number of hydrogen-bond acceptors (Lipinski definition) is 4. The molecule has 10 aromatic rings. The number of para-hydroxylation sites is 1. The number of nitrogens with zero attached hydrogens (tertiary/aromatic N) is 3. The van der Waals surface area contributed by atoms with E-state index in [0.29, 0.717) is 16.7 Å².